The minimum atomic E-state index is -0.358. The van der Waals surface area contributed by atoms with E-state index in [1.54, 1.807) is 12.1 Å². The van der Waals surface area contributed by atoms with E-state index in [-0.39, 0.29) is 30.8 Å². The van der Waals surface area contributed by atoms with Crippen molar-refractivity contribution in [2.75, 3.05) is 18.5 Å². The van der Waals surface area contributed by atoms with Gasteiger partial charge < -0.3 is 15.0 Å². The minimum absolute atomic E-state index is 0.0133. The number of hydrogen-bond acceptors (Lipinski definition) is 5. The molecule has 1 saturated heterocycles. The largest absolute Gasteiger partial charge is 0.493 e. The molecule has 1 atom stereocenters. The lowest BCUT2D eigenvalue weighted by Gasteiger charge is -2.25. The monoisotopic (exact) mass is 420 g/mol. The second-order valence-corrected chi connectivity index (χ2v) is 7.54. The summed E-state index contributed by atoms with van der Waals surface area (Å²) in [6.45, 7) is 2.84. The van der Waals surface area contributed by atoms with Gasteiger partial charge in [0.15, 0.2) is 0 Å². The number of amides is 1. The highest BCUT2D eigenvalue weighted by atomic mass is 19.1. The number of likely N-dealkylation sites (tertiary alicyclic amines) is 1. The van der Waals surface area contributed by atoms with Crippen LogP contribution in [-0.4, -0.2) is 33.9 Å². The highest BCUT2D eigenvalue weighted by Gasteiger charge is 2.30. The van der Waals surface area contributed by atoms with E-state index in [4.69, 9.17) is 9.72 Å². The predicted octanol–water partition coefficient (Wildman–Crippen LogP) is 4.80. The van der Waals surface area contributed by atoms with Gasteiger partial charge in [0.2, 0.25) is 5.91 Å². The van der Waals surface area contributed by atoms with Crippen molar-refractivity contribution >= 4 is 17.5 Å². The fraction of sp³-hybridized carbons (Fsp3) is 0.292. The number of halogens is 1. The molecule has 6 nitrogen and oxygen atoms in total. The fourth-order valence-electron chi connectivity index (χ4n) is 3.78. The van der Waals surface area contributed by atoms with Crippen LogP contribution in [0.1, 0.15) is 36.7 Å². The Bertz CT molecular complexity index is 1060. The Morgan fingerprint density at radius 1 is 1.13 bits per heavy atom. The summed E-state index contributed by atoms with van der Waals surface area (Å²) in [7, 11) is 0. The number of pyridine rings is 2. The number of anilines is 2. The SMILES string of the molecule is Cc1cccc(Nc2cccc([C@@H]3CCCN3C(=O)CCOc3cccc(F)c3)n2)n1. The maximum absolute atomic E-state index is 13.3. The first-order valence-corrected chi connectivity index (χ1v) is 10.4. The van der Waals surface area contributed by atoms with Gasteiger partial charge in [-0.1, -0.05) is 18.2 Å². The van der Waals surface area contributed by atoms with Crippen molar-refractivity contribution < 1.29 is 13.9 Å². The summed E-state index contributed by atoms with van der Waals surface area (Å²) in [6.07, 6.45) is 2.04. The van der Waals surface area contributed by atoms with Crippen molar-refractivity contribution in [2.45, 2.75) is 32.2 Å². The van der Waals surface area contributed by atoms with Gasteiger partial charge in [-0.3, -0.25) is 4.79 Å². The second-order valence-electron chi connectivity index (χ2n) is 7.54. The fourth-order valence-corrected chi connectivity index (χ4v) is 3.78. The molecule has 1 amide bonds. The summed E-state index contributed by atoms with van der Waals surface area (Å²) in [5.41, 5.74) is 1.78. The van der Waals surface area contributed by atoms with E-state index >= 15 is 0 Å². The molecule has 0 bridgehead atoms. The molecule has 160 valence electrons. The Morgan fingerprint density at radius 2 is 1.90 bits per heavy atom. The Balaban J connectivity index is 1.39. The van der Waals surface area contributed by atoms with Crippen LogP contribution in [0, 0.1) is 12.7 Å². The zero-order valence-corrected chi connectivity index (χ0v) is 17.4. The number of nitrogens with one attached hydrogen (secondary N) is 1. The van der Waals surface area contributed by atoms with Gasteiger partial charge in [-0.25, -0.2) is 14.4 Å². The molecular weight excluding hydrogens is 395 g/mol. The number of aromatic nitrogens is 2. The van der Waals surface area contributed by atoms with Gasteiger partial charge in [-0.15, -0.1) is 0 Å². The predicted molar refractivity (Wildman–Crippen MR) is 117 cm³/mol. The van der Waals surface area contributed by atoms with E-state index in [1.807, 2.05) is 48.2 Å². The van der Waals surface area contributed by atoms with Crippen LogP contribution in [0.25, 0.3) is 0 Å². The third-order valence-electron chi connectivity index (χ3n) is 5.21. The van der Waals surface area contributed by atoms with E-state index in [9.17, 15) is 9.18 Å². The smallest absolute Gasteiger partial charge is 0.226 e. The van der Waals surface area contributed by atoms with Crippen LogP contribution in [0.3, 0.4) is 0 Å². The van der Waals surface area contributed by atoms with Crippen LogP contribution >= 0.6 is 0 Å². The highest BCUT2D eigenvalue weighted by Crippen LogP contribution is 2.32. The molecule has 4 rings (SSSR count). The molecule has 0 saturated carbocycles. The first-order valence-electron chi connectivity index (χ1n) is 10.4. The normalized spacial score (nSPS) is 15.7. The Hall–Kier alpha value is -3.48. The number of hydrogen-bond donors (Lipinski definition) is 1. The number of rotatable bonds is 7. The molecule has 3 heterocycles. The topological polar surface area (TPSA) is 67.4 Å². The van der Waals surface area contributed by atoms with Crippen molar-refractivity contribution in [3.63, 3.8) is 0 Å². The Morgan fingerprint density at radius 3 is 2.71 bits per heavy atom. The number of carbonyl (C=O) groups excluding carboxylic acids is 1. The Kier molecular flexibility index (Phi) is 6.40. The van der Waals surface area contributed by atoms with Gasteiger partial charge in [-0.05, 0) is 56.2 Å². The highest BCUT2D eigenvalue weighted by molar-refractivity contribution is 5.77. The molecule has 1 fully saturated rings. The summed E-state index contributed by atoms with van der Waals surface area (Å²) in [5, 5.41) is 3.23. The van der Waals surface area contributed by atoms with E-state index in [2.05, 4.69) is 10.3 Å². The van der Waals surface area contributed by atoms with Crippen molar-refractivity contribution in [3.8, 4) is 5.75 Å². The third-order valence-corrected chi connectivity index (χ3v) is 5.21. The summed E-state index contributed by atoms with van der Waals surface area (Å²) in [4.78, 5) is 23.9. The van der Waals surface area contributed by atoms with Gasteiger partial charge in [0, 0.05) is 18.3 Å². The molecule has 0 aliphatic carbocycles. The van der Waals surface area contributed by atoms with E-state index in [0.717, 1.165) is 30.0 Å². The molecule has 1 aromatic carbocycles. The number of benzene rings is 1. The third kappa shape index (κ3) is 5.36. The maximum Gasteiger partial charge on any atom is 0.226 e. The zero-order chi connectivity index (χ0) is 21.6. The van der Waals surface area contributed by atoms with Crippen molar-refractivity contribution in [1.29, 1.82) is 0 Å². The summed E-state index contributed by atoms with van der Waals surface area (Å²) >= 11 is 0. The van der Waals surface area contributed by atoms with E-state index in [0.29, 0.717) is 18.1 Å². The Labute approximate surface area is 181 Å². The average Bonchev–Trinajstić information content (AvgIpc) is 3.24. The van der Waals surface area contributed by atoms with Gasteiger partial charge in [-0.2, -0.15) is 0 Å². The van der Waals surface area contributed by atoms with E-state index < -0.39 is 0 Å². The zero-order valence-electron chi connectivity index (χ0n) is 17.4. The van der Waals surface area contributed by atoms with Crippen molar-refractivity contribution in [3.05, 3.63) is 77.9 Å². The molecule has 1 aliphatic heterocycles. The lowest BCUT2D eigenvalue weighted by Crippen LogP contribution is -2.32. The minimum Gasteiger partial charge on any atom is -0.493 e. The molecule has 1 N–H and O–H groups in total. The number of carbonyl (C=O) groups is 1. The molecule has 0 unspecified atom stereocenters. The number of nitrogens with zero attached hydrogens (tertiary/aromatic N) is 3. The number of aryl methyl sites for hydroxylation is 1. The number of ether oxygens (including phenoxy) is 1. The molecule has 0 spiro atoms. The van der Waals surface area contributed by atoms with Crippen LogP contribution in [0.4, 0.5) is 16.0 Å². The standard InChI is InChI=1S/C24H25FN4O2/c1-17-6-2-11-22(26-17)28-23-12-4-9-20(27-23)21-10-5-14-29(21)24(30)13-15-31-19-8-3-7-18(25)16-19/h2-4,6-9,11-12,16,21H,5,10,13-15H2,1H3,(H,26,27,28)/t21-/m0/s1. The lowest BCUT2D eigenvalue weighted by atomic mass is 10.1. The molecule has 1 aliphatic rings. The average molecular weight is 420 g/mol. The van der Waals surface area contributed by atoms with E-state index in [1.165, 1.54) is 12.1 Å². The van der Waals surface area contributed by atoms with Gasteiger partial charge in [0.25, 0.3) is 0 Å². The van der Waals surface area contributed by atoms with Crippen LogP contribution < -0.4 is 10.1 Å². The lowest BCUT2D eigenvalue weighted by molar-refractivity contribution is -0.132. The maximum atomic E-state index is 13.3. The quantitative estimate of drug-likeness (QED) is 0.595. The molecule has 3 aromatic rings. The molecule has 31 heavy (non-hydrogen) atoms. The molecule has 2 aromatic heterocycles. The second kappa shape index (κ2) is 9.55. The molecule has 0 radical (unpaired) electrons. The molecular formula is C24H25FN4O2. The van der Waals surface area contributed by atoms with Gasteiger partial charge in [0.1, 0.15) is 23.2 Å². The van der Waals surface area contributed by atoms with Gasteiger partial charge >= 0.3 is 0 Å². The van der Waals surface area contributed by atoms with Gasteiger partial charge in [0.05, 0.1) is 24.8 Å². The van der Waals surface area contributed by atoms with Crippen molar-refractivity contribution in [1.82, 2.24) is 14.9 Å². The molecule has 7 heteroatoms. The first-order chi connectivity index (χ1) is 15.1. The van der Waals surface area contributed by atoms with Crippen LogP contribution in [0.5, 0.6) is 5.75 Å². The summed E-state index contributed by atoms with van der Waals surface area (Å²) < 4.78 is 18.8. The van der Waals surface area contributed by atoms with Crippen LogP contribution in [0.2, 0.25) is 0 Å². The summed E-state index contributed by atoms with van der Waals surface area (Å²) in [6, 6.07) is 17.4. The first kappa shape index (κ1) is 20.8. The van der Waals surface area contributed by atoms with Crippen LogP contribution in [-0.2, 0) is 4.79 Å². The van der Waals surface area contributed by atoms with Crippen molar-refractivity contribution in [2.24, 2.45) is 0 Å². The van der Waals surface area contributed by atoms with Crippen LogP contribution in [0.15, 0.2) is 60.7 Å². The summed E-state index contributed by atoms with van der Waals surface area (Å²) in [5.74, 6) is 1.52.